The van der Waals surface area contributed by atoms with E-state index in [9.17, 15) is 4.79 Å². The Labute approximate surface area is 234 Å². The molecule has 0 aliphatic carbocycles. The molecule has 3 aromatic rings. The average Bonchev–Trinajstić information content (AvgIpc) is 2.97. The molecule has 0 N–H and O–H groups in total. The van der Waals surface area contributed by atoms with Crippen LogP contribution in [0.2, 0.25) is 0 Å². The maximum atomic E-state index is 12.6. The molecule has 2 aromatic carbocycles. The molecule has 0 amide bonds. The molecule has 0 saturated heterocycles. The van der Waals surface area contributed by atoms with Gasteiger partial charge in [-0.2, -0.15) is 0 Å². The lowest BCUT2D eigenvalue weighted by molar-refractivity contribution is 0.0734. The first-order valence-corrected chi connectivity index (χ1v) is 14.6. The summed E-state index contributed by atoms with van der Waals surface area (Å²) in [6.45, 7) is 9.01. The number of hydrogen-bond acceptors (Lipinski definition) is 5. The van der Waals surface area contributed by atoms with E-state index in [1.807, 2.05) is 42.7 Å². The summed E-state index contributed by atoms with van der Waals surface area (Å²) < 4.78 is 11.3. The maximum Gasteiger partial charge on any atom is 0.343 e. The average molecular weight is 529 g/mol. The Kier molecular flexibility index (Phi) is 13.3. The standard InChI is InChI=1S/C34H44N2O3/c1-4-6-7-8-9-13-24-38-31-20-18-30(19-21-31)34(37)39-32-22-16-29(17-23-32)33-35-25-28(26-36-33)15-12-10-11-14-27(3)5-2/h4,16-23,25-27H,1,5-15,24H2,2-3H3. The molecular formula is C34H44N2O3. The van der Waals surface area contributed by atoms with Gasteiger partial charge in [-0.1, -0.05) is 58.4 Å². The van der Waals surface area contributed by atoms with Crippen molar-refractivity contribution in [2.75, 3.05) is 6.61 Å². The first kappa shape index (κ1) is 30.1. The largest absolute Gasteiger partial charge is 0.494 e. The summed E-state index contributed by atoms with van der Waals surface area (Å²) in [5.74, 6) is 2.33. The highest BCUT2D eigenvalue weighted by molar-refractivity contribution is 5.91. The molecule has 1 unspecified atom stereocenters. The second-order valence-electron chi connectivity index (χ2n) is 10.3. The summed E-state index contributed by atoms with van der Waals surface area (Å²) in [7, 11) is 0. The molecule has 0 bridgehead atoms. The number of nitrogens with zero attached hydrogens (tertiary/aromatic N) is 2. The Morgan fingerprint density at radius 2 is 1.54 bits per heavy atom. The molecule has 3 rings (SSSR count). The van der Waals surface area contributed by atoms with Gasteiger partial charge in [-0.25, -0.2) is 14.8 Å². The summed E-state index contributed by atoms with van der Waals surface area (Å²) in [5, 5.41) is 0. The van der Waals surface area contributed by atoms with E-state index in [0.29, 0.717) is 23.7 Å². The lowest BCUT2D eigenvalue weighted by Crippen LogP contribution is -2.08. The second-order valence-corrected chi connectivity index (χ2v) is 10.3. The molecule has 0 saturated carbocycles. The minimum absolute atomic E-state index is 0.402. The molecule has 1 heterocycles. The van der Waals surface area contributed by atoms with Gasteiger partial charge in [0, 0.05) is 18.0 Å². The molecule has 0 spiro atoms. The molecule has 0 fully saturated rings. The number of esters is 1. The first-order valence-electron chi connectivity index (χ1n) is 14.6. The summed E-state index contributed by atoms with van der Waals surface area (Å²) in [4.78, 5) is 21.7. The molecule has 0 aliphatic rings. The van der Waals surface area contributed by atoms with Crippen LogP contribution >= 0.6 is 0 Å². The third-order valence-corrected chi connectivity index (χ3v) is 7.05. The van der Waals surface area contributed by atoms with Gasteiger partial charge in [0.1, 0.15) is 11.5 Å². The van der Waals surface area contributed by atoms with Gasteiger partial charge >= 0.3 is 5.97 Å². The highest BCUT2D eigenvalue weighted by Gasteiger charge is 2.10. The van der Waals surface area contributed by atoms with Crippen molar-refractivity contribution in [3.63, 3.8) is 0 Å². The molecule has 5 nitrogen and oxygen atoms in total. The van der Waals surface area contributed by atoms with Crippen LogP contribution in [0.5, 0.6) is 11.5 Å². The van der Waals surface area contributed by atoms with Crippen LogP contribution in [-0.4, -0.2) is 22.5 Å². The number of aromatic nitrogens is 2. The van der Waals surface area contributed by atoms with Crippen LogP contribution in [0.15, 0.2) is 73.6 Å². The maximum absolute atomic E-state index is 12.6. The van der Waals surface area contributed by atoms with Crippen molar-refractivity contribution < 1.29 is 14.3 Å². The zero-order valence-electron chi connectivity index (χ0n) is 23.7. The van der Waals surface area contributed by atoms with E-state index in [2.05, 4.69) is 30.4 Å². The predicted molar refractivity (Wildman–Crippen MR) is 159 cm³/mol. The Morgan fingerprint density at radius 1 is 0.872 bits per heavy atom. The first-order chi connectivity index (χ1) is 19.1. The van der Waals surface area contributed by atoms with Crippen LogP contribution in [-0.2, 0) is 6.42 Å². The molecule has 0 radical (unpaired) electrons. The van der Waals surface area contributed by atoms with Crippen LogP contribution < -0.4 is 9.47 Å². The number of ether oxygens (including phenoxy) is 2. The van der Waals surface area contributed by atoms with Crippen molar-refractivity contribution in [1.29, 1.82) is 0 Å². The zero-order valence-corrected chi connectivity index (χ0v) is 23.7. The van der Waals surface area contributed by atoms with Gasteiger partial charge in [-0.15, -0.1) is 6.58 Å². The lowest BCUT2D eigenvalue weighted by Gasteiger charge is -2.08. The normalized spacial score (nSPS) is 11.6. The fourth-order valence-corrected chi connectivity index (χ4v) is 4.30. The molecule has 1 atom stereocenters. The van der Waals surface area contributed by atoms with E-state index in [4.69, 9.17) is 9.47 Å². The van der Waals surface area contributed by atoms with E-state index in [1.165, 1.54) is 50.5 Å². The second kappa shape index (κ2) is 17.2. The number of aryl methyl sites for hydroxylation is 1. The number of carbonyl (C=O) groups is 1. The third kappa shape index (κ3) is 11.0. The van der Waals surface area contributed by atoms with Crippen LogP contribution in [0.4, 0.5) is 0 Å². The van der Waals surface area contributed by atoms with E-state index >= 15 is 0 Å². The molecule has 208 valence electrons. The quantitative estimate of drug-likeness (QED) is 0.0713. The smallest absolute Gasteiger partial charge is 0.343 e. The number of unbranched alkanes of at least 4 members (excludes halogenated alkanes) is 6. The Morgan fingerprint density at radius 3 is 2.23 bits per heavy atom. The van der Waals surface area contributed by atoms with Crippen molar-refractivity contribution in [3.05, 3.63) is 84.7 Å². The minimum Gasteiger partial charge on any atom is -0.494 e. The topological polar surface area (TPSA) is 61.3 Å². The van der Waals surface area contributed by atoms with Gasteiger partial charge in [0.2, 0.25) is 0 Å². The molecule has 5 heteroatoms. The van der Waals surface area contributed by atoms with Crippen molar-refractivity contribution >= 4 is 5.97 Å². The Bertz CT molecular complexity index is 1110. The molecule has 39 heavy (non-hydrogen) atoms. The van der Waals surface area contributed by atoms with E-state index in [0.717, 1.165) is 42.9 Å². The summed E-state index contributed by atoms with van der Waals surface area (Å²) >= 11 is 0. The number of hydrogen-bond donors (Lipinski definition) is 0. The molecule has 1 aromatic heterocycles. The van der Waals surface area contributed by atoms with Gasteiger partial charge < -0.3 is 9.47 Å². The summed E-state index contributed by atoms with van der Waals surface area (Å²) in [6.07, 6.45) is 18.7. The number of benzene rings is 2. The minimum atomic E-state index is -0.402. The monoisotopic (exact) mass is 528 g/mol. The third-order valence-electron chi connectivity index (χ3n) is 7.05. The van der Waals surface area contributed by atoms with Crippen molar-refractivity contribution in [2.45, 2.75) is 84.5 Å². The summed E-state index contributed by atoms with van der Waals surface area (Å²) in [6, 6.07) is 14.4. The van der Waals surface area contributed by atoms with Gasteiger partial charge in [0.25, 0.3) is 0 Å². The van der Waals surface area contributed by atoms with Crippen LogP contribution in [0.25, 0.3) is 11.4 Å². The van der Waals surface area contributed by atoms with Crippen LogP contribution in [0, 0.1) is 5.92 Å². The van der Waals surface area contributed by atoms with E-state index < -0.39 is 5.97 Å². The lowest BCUT2D eigenvalue weighted by atomic mass is 10.00. The molecule has 0 aliphatic heterocycles. The van der Waals surface area contributed by atoms with Gasteiger partial charge in [-0.05, 0) is 92.1 Å². The van der Waals surface area contributed by atoms with Crippen LogP contribution in [0.3, 0.4) is 0 Å². The number of rotatable bonds is 18. The summed E-state index contributed by atoms with van der Waals surface area (Å²) in [5.41, 5.74) is 2.54. The highest BCUT2D eigenvalue weighted by Crippen LogP contribution is 2.21. The van der Waals surface area contributed by atoms with Gasteiger partial charge in [0.05, 0.1) is 12.2 Å². The Hall–Kier alpha value is -3.47. The molecular weight excluding hydrogens is 484 g/mol. The fraction of sp³-hybridized carbons (Fsp3) is 0.441. The van der Waals surface area contributed by atoms with Crippen molar-refractivity contribution in [2.24, 2.45) is 5.92 Å². The zero-order chi connectivity index (χ0) is 27.7. The number of carbonyl (C=O) groups excluding carboxylic acids is 1. The van der Waals surface area contributed by atoms with Crippen molar-refractivity contribution in [1.82, 2.24) is 9.97 Å². The fourth-order valence-electron chi connectivity index (χ4n) is 4.30. The van der Waals surface area contributed by atoms with Crippen LogP contribution in [0.1, 0.15) is 94.0 Å². The van der Waals surface area contributed by atoms with E-state index in [-0.39, 0.29) is 0 Å². The van der Waals surface area contributed by atoms with E-state index in [1.54, 1.807) is 24.3 Å². The highest BCUT2D eigenvalue weighted by atomic mass is 16.5. The number of allylic oxidation sites excluding steroid dienone is 1. The predicted octanol–water partition coefficient (Wildman–Crippen LogP) is 9.03. The van der Waals surface area contributed by atoms with Gasteiger partial charge in [-0.3, -0.25) is 0 Å². The SMILES string of the molecule is C=CCCCCCCOc1ccc(C(=O)Oc2ccc(-c3ncc(CCCCCC(C)CC)cn3)cc2)cc1. The Balaban J connectivity index is 1.40. The van der Waals surface area contributed by atoms with Gasteiger partial charge in [0.15, 0.2) is 5.82 Å². The van der Waals surface area contributed by atoms with Crippen molar-refractivity contribution in [3.8, 4) is 22.9 Å².